The lowest BCUT2D eigenvalue weighted by molar-refractivity contribution is -0.122. The Kier molecular flexibility index (Phi) is 5.26. The first-order valence-electron chi connectivity index (χ1n) is 10.1. The number of hydrogen-bond donors (Lipinski definition) is 1. The van der Waals surface area contributed by atoms with Gasteiger partial charge in [-0.2, -0.15) is 0 Å². The second-order valence-electron chi connectivity index (χ2n) is 7.89. The molecule has 7 heteroatoms. The minimum atomic E-state index is -0.871. The summed E-state index contributed by atoms with van der Waals surface area (Å²) in [6, 6.07) is 12.1. The molecule has 162 valence electrons. The van der Waals surface area contributed by atoms with E-state index in [-0.39, 0.29) is 11.3 Å². The second kappa shape index (κ2) is 7.92. The summed E-state index contributed by atoms with van der Waals surface area (Å²) in [5.41, 5.74) is 5.76. The van der Waals surface area contributed by atoms with E-state index in [1.807, 2.05) is 45.9 Å². The van der Waals surface area contributed by atoms with Crippen molar-refractivity contribution in [2.45, 2.75) is 27.7 Å². The number of nitrogens with one attached hydrogen (secondary N) is 1. The van der Waals surface area contributed by atoms with Crippen molar-refractivity contribution in [1.29, 1.82) is 0 Å². The zero-order valence-electron chi connectivity index (χ0n) is 18.2. The molecule has 1 aromatic heterocycles. The highest BCUT2D eigenvalue weighted by Crippen LogP contribution is 2.27. The summed E-state index contributed by atoms with van der Waals surface area (Å²) >= 11 is 0. The van der Waals surface area contributed by atoms with Crippen LogP contribution in [0.2, 0.25) is 0 Å². The van der Waals surface area contributed by atoms with Gasteiger partial charge in [0.25, 0.3) is 11.8 Å². The van der Waals surface area contributed by atoms with Crippen LogP contribution in [0.3, 0.4) is 0 Å². The number of benzene rings is 2. The van der Waals surface area contributed by atoms with E-state index >= 15 is 0 Å². The van der Waals surface area contributed by atoms with E-state index < -0.39 is 23.7 Å². The van der Waals surface area contributed by atoms with Crippen LogP contribution in [0.4, 0.5) is 14.9 Å². The third-order valence-electron chi connectivity index (χ3n) is 5.55. The number of anilines is 1. The lowest BCUT2D eigenvalue weighted by Crippen LogP contribution is -2.54. The van der Waals surface area contributed by atoms with Gasteiger partial charge in [-0.3, -0.25) is 14.9 Å². The fourth-order valence-electron chi connectivity index (χ4n) is 4.00. The molecule has 1 aliphatic rings. The third kappa shape index (κ3) is 3.62. The molecular weight excluding hydrogens is 409 g/mol. The number of carbonyl (C=O) groups excluding carboxylic acids is 3. The van der Waals surface area contributed by atoms with Crippen LogP contribution < -0.4 is 10.2 Å². The van der Waals surface area contributed by atoms with Gasteiger partial charge in [-0.1, -0.05) is 17.7 Å². The number of rotatable bonds is 3. The zero-order valence-corrected chi connectivity index (χ0v) is 18.2. The maximum Gasteiger partial charge on any atom is 0.335 e. The molecule has 4 rings (SSSR count). The maximum absolute atomic E-state index is 13.3. The number of nitrogens with zero attached hydrogens (tertiary/aromatic N) is 2. The van der Waals surface area contributed by atoms with Gasteiger partial charge in [0.15, 0.2) is 0 Å². The summed E-state index contributed by atoms with van der Waals surface area (Å²) in [5.74, 6) is -2.03. The van der Waals surface area contributed by atoms with Crippen LogP contribution >= 0.6 is 0 Å². The second-order valence-corrected chi connectivity index (χ2v) is 7.89. The molecule has 0 radical (unpaired) electrons. The Hall–Kier alpha value is -4.00. The van der Waals surface area contributed by atoms with Gasteiger partial charge in [0.2, 0.25) is 0 Å². The molecule has 32 heavy (non-hydrogen) atoms. The summed E-state index contributed by atoms with van der Waals surface area (Å²) < 4.78 is 15.3. The molecule has 0 saturated carbocycles. The van der Waals surface area contributed by atoms with Crippen molar-refractivity contribution in [3.63, 3.8) is 0 Å². The van der Waals surface area contributed by atoms with Crippen LogP contribution in [-0.4, -0.2) is 22.4 Å². The molecular formula is C25H22FN3O3. The highest BCUT2D eigenvalue weighted by Gasteiger charge is 2.37. The molecule has 2 aromatic carbocycles. The van der Waals surface area contributed by atoms with E-state index in [0.717, 1.165) is 45.2 Å². The number of imide groups is 2. The van der Waals surface area contributed by atoms with Crippen molar-refractivity contribution < 1.29 is 18.8 Å². The molecule has 1 N–H and O–H groups in total. The Morgan fingerprint density at radius 1 is 0.906 bits per heavy atom. The Bertz CT molecular complexity index is 1300. The number of aryl methyl sites for hydroxylation is 3. The monoisotopic (exact) mass is 431 g/mol. The quantitative estimate of drug-likeness (QED) is 0.490. The fraction of sp³-hybridized carbons (Fsp3) is 0.160. The Morgan fingerprint density at radius 2 is 1.59 bits per heavy atom. The summed E-state index contributed by atoms with van der Waals surface area (Å²) in [6.07, 6.45) is 1.49. The molecule has 0 unspecified atom stereocenters. The molecule has 1 aliphatic heterocycles. The molecule has 1 saturated heterocycles. The van der Waals surface area contributed by atoms with E-state index in [1.165, 1.54) is 18.2 Å². The number of aromatic nitrogens is 1. The SMILES string of the molecule is Cc1ccc(-n2c(C)cc(/C=C3/C(=O)NC(=O)N(c4ccc(F)cc4)C3=O)c2C)c(C)c1. The van der Waals surface area contributed by atoms with Crippen molar-refractivity contribution >= 4 is 29.6 Å². The Balaban J connectivity index is 1.77. The molecule has 0 spiro atoms. The fourth-order valence-corrected chi connectivity index (χ4v) is 4.00. The van der Waals surface area contributed by atoms with Gasteiger partial charge < -0.3 is 4.57 Å². The van der Waals surface area contributed by atoms with E-state index in [9.17, 15) is 18.8 Å². The molecule has 0 atom stereocenters. The predicted molar refractivity (Wildman–Crippen MR) is 120 cm³/mol. The van der Waals surface area contributed by atoms with Crippen molar-refractivity contribution in [1.82, 2.24) is 9.88 Å². The van der Waals surface area contributed by atoms with Crippen LogP contribution in [0.5, 0.6) is 0 Å². The maximum atomic E-state index is 13.3. The minimum Gasteiger partial charge on any atom is -0.318 e. The van der Waals surface area contributed by atoms with Crippen molar-refractivity contribution in [3.8, 4) is 5.69 Å². The number of amides is 4. The van der Waals surface area contributed by atoms with E-state index in [4.69, 9.17) is 0 Å². The van der Waals surface area contributed by atoms with E-state index in [1.54, 1.807) is 0 Å². The summed E-state index contributed by atoms with van der Waals surface area (Å²) in [6.45, 7) is 7.92. The van der Waals surface area contributed by atoms with Crippen molar-refractivity contribution in [3.05, 3.63) is 88.0 Å². The molecule has 3 aromatic rings. The summed E-state index contributed by atoms with van der Waals surface area (Å²) in [7, 11) is 0. The normalized spacial score (nSPS) is 15.5. The van der Waals surface area contributed by atoms with Crippen LogP contribution in [0, 0.1) is 33.5 Å². The van der Waals surface area contributed by atoms with E-state index in [0.29, 0.717) is 5.56 Å². The third-order valence-corrected chi connectivity index (χ3v) is 5.55. The average Bonchev–Trinajstić information content (AvgIpc) is 3.00. The number of halogens is 1. The first-order valence-corrected chi connectivity index (χ1v) is 10.1. The van der Waals surface area contributed by atoms with E-state index in [2.05, 4.69) is 16.0 Å². The van der Waals surface area contributed by atoms with Crippen LogP contribution in [0.1, 0.15) is 28.1 Å². The largest absolute Gasteiger partial charge is 0.335 e. The van der Waals surface area contributed by atoms with Gasteiger partial charge in [-0.15, -0.1) is 0 Å². The standard InChI is InChI=1S/C25H22FN3O3/c1-14-5-10-22(15(2)11-14)28-16(3)12-18(17(28)4)13-21-23(30)27-25(32)29(24(21)31)20-8-6-19(26)7-9-20/h5-13H,1-4H3,(H,27,30,32)/b21-13-. The molecule has 1 fully saturated rings. The lowest BCUT2D eigenvalue weighted by Gasteiger charge is -2.26. The van der Waals surface area contributed by atoms with Crippen molar-refractivity contribution in [2.75, 3.05) is 4.90 Å². The van der Waals surface area contributed by atoms with Gasteiger partial charge in [0, 0.05) is 17.1 Å². The van der Waals surface area contributed by atoms with Gasteiger partial charge in [-0.25, -0.2) is 14.1 Å². The Morgan fingerprint density at radius 3 is 2.25 bits per heavy atom. The number of hydrogen-bond acceptors (Lipinski definition) is 3. The molecule has 0 aliphatic carbocycles. The molecule has 0 bridgehead atoms. The van der Waals surface area contributed by atoms with Gasteiger partial charge in [-0.05, 0) is 81.3 Å². The van der Waals surface area contributed by atoms with Crippen LogP contribution in [0.15, 0.2) is 54.1 Å². The molecule has 6 nitrogen and oxygen atoms in total. The zero-order chi connectivity index (χ0) is 23.2. The molecule has 2 heterocycles. The van der Waals surface area contributed by atoms with Crippen molar-refractivity contribution in [2.24, 2.45) is 0 Å². The van der Waals surface area contributed by atoms with Gasteiger partial charge in [0.05, 0.1) is 5.69 Å². The van der Waals surface area contributed by atoms with Gasteiger partial charge in [0.1, 0.15) is 11.4 Å². The number of urea groups is 1. The first-order chi connectivity index (χ1) is 15.2. The number of barbiturate groups is 1. The first kappa shape index (κ1) is 21.2. The summed E-state index contributed by atoms with van der Waals surface area (Å²) in [4.78, 5) is 38.7. The highest BCUT2D eigenvalue weighted by molar-refractivity contribution is 6.39. The smallest absolute Gasteiger partial charge is 0.318 e. The molecule has 4 amide bonds. The minimum absolute atomic E-state index is 0.171. The summed E-state index contributed by atoms with van der Waals surface area (Å²) in [5, 5.41) is 2.19. The highest BCUT2D eigenvalue weighted by atomic mass is 19.1. The topological polar surface area (TPSA) is 71.4 Å². The van der Waals surface area contributed by atoms with Crippen LogP contribution in [-0.2, 0) is 9.59 Å². The number of carbonyl (C=O) groups is 3. The predicted octanol–water partition coefficient (Wildman–Crippen LogP) is 4.52. The average molecular weight is 431 g/mol. The Labute approximate surface area is 185 Å². The van der Waals surface area contributed by atoms with Crippen LogP contribution in [0.25, 0.3) is 11.8 Å². The lowest BCUT2D eigenvalue weighted by atomic mass is 10.1. The van der Waals surface area contributed by atoms with Gasteiger partial charge >= 0.3 is 6.03 Å².